The zero-order valence-electron chi connectivity index (χ0n) is 25.0. The van der Waals surface area contributed by atoms with Crippen LogP contribution in [0.15, 0.2) is 146 Å². The van der Waals surface area contributed by atoms with Gasteiger partial charge in [0.15, 0.2) is 0 Å². The topological polar surface area (TPSA) is 52.9 Å². The lowest BCUT2D eigenvalue weighted by Crippen LogP contribution is -1.98. The van der Waals surface area contributed by atoms with Crippen LogP contribution < -0.4 is 0 Å². The molecule has 0 aliphatic rings. The molecule has 5 aromatic carbocycles. The number of hydrogen-bond acceptors (Lipinski definition) is 3. The Labute approximate surface area is 267 Å². The predicted octanol–water partition coefficient (Wildman–Crippen LogP) is 9.78. The Morgan fingerprint density at radius 1 is 0.426 bits per heavy atom. The monoisotopic (exact) mass is 600 g/mol. The van der Waals surface area contributed by atoms with Crippen LogP contribution in [0.2, 0.25) is 0 Å². The second-order valence-corrected chi connectivity index (χ2v) is 12.1. The van der Waals surface area contributed by atoms with Crippen LogP contribution in [0.1, 0.15) is 0 Å². The van der Waals surface area contributed by atoms with Crippen molar-refractivity contribution in [2.75, 3.05) is 0 Å². The molecule has 0 amide bonds. The predicted molar refractivity (Wildman–Crippen MR) is 192 cm³/mol. The number of rotatable bonds is 2. The molecule has 6 nitrogen and oxygen atoms in total. The number of nitrogens with zero attached hydrogens (tertiary/aromatic N) is 6. The van der Waals surface area contributed by atoms with Gasteiger partial charge >= 0.3 is 0 Å². The molecule has 6 heteroatoms. The Kier molecular flexibility index (Phi) is 4.75. The number of hydrogen-bond donors (Lipinski definition) is 0. The minimum Gasteiger partial charge on any atom is -0.307 e. The third-order valence-corrected chi connectivity index (χ3v) is 9.72. The minimum absolute atomic E-state index is 0.854. The second-order valence-electron chi connectivity index (χ2n) is 12.1. The molecule has 0 aliphatic heterocycles. The fourth-order valence-corrected chi connectivity index (χ4v) is 7.89. The van der Waals surface area contributed by atoms with Crippen LogP contribution in [0.3, 0.4) is 0 Å². The van der Waals surface area contributed by atoms with E-state index in [4.69, 9.17) is 9.97 Å². The zero-order chi connectivity index (χ0) is 30.6. The van der Waals surface area contributed by atoms with E-state index in [0.29, 0.717) is 0 Å². The van der Waals surface area contributed by atoms with Crippen LogP contribution in [0.5, 0.6) is 0 Å². The van der Waals surface area contributed by atoms with E-state index in [2.05, 4.69) is 134 Å². The number of para-hydroxylation sites is 3. The summed E-state index contributed by atoms with van der Waals surface area (Å²) in [4.78, 5) is 14.5. The lowest BCUT2D eigenvalue weighted by atomic mass is 10.0. The van der Waals surface area contributed by atoms with Crippen molar-refractivity contribution >= 4 is 82.1 Å². The van der Waals surface area contributed by atoms with E-state index in [1.54, 1.807) is 0 Å². The molecule has 0 atom stereocenters. The summed E-state index contributed by atoms with van der Waals surface area (Å²) in [5.41, 5.74) is 10.6. The zero-order valence-corrected chi connectivity index (χ0v) is 25.0. The summed E-state index contributed by atoms with van der Waals surface area (Å²) in [6, 6.07) is 45.6. The number of imidazole rings is 1. The molecule has 0 N–H and O–H groups in total. The lowest BCUT2D eigenvalue weighted by Gasteiger charge is -2.12. The van der Waals surface area contributed by atoms with E-state index < -0.39 is 0 Å². The summed E-state index contributed by atoms with van der Waals surface area (Å²) in [6.07, 6.45) is 5.53. The molecule has 0 saturated heterocycles. The van der Waals surface area contributed by atoms with Gasteiger partial charge in [-0.2, -0.15) is 0 Å². The van der Waals surface area contributed by atoms with Crippen LogP contribution in [0, 0.1) is 0 Å². The van der Waals surface area contributed by atoms with Gasteiger partial charge in [-0.15, -0.1) is 0 Å². The van der Waals surface area contributed by atoms with Crippen molar-refractivity contribution in [3.05, 3.63) is 146 Å². The molecular formula is C41H24N6. The average molecular weight is 601 g/mol. The van der Waals surface area contributed by atoms with Gasteiger partial charge in [0.05, 0.1) is 33.8 Å². The van der Waals surface area contributed by atoms with Crippen molar-refractivity contribution in [3.8, 4) is 11.4 Å². The molecule has 0 bridgehead atoms. The summed E-state index contributed by atoms with van der Waals surface area (Å²) >= 11 is 0. The van der Waals surface area contributed by atoms with Crippen LogP contribution in [-0.4, -0.2) is 28.5 Å². The molecule has 47 heavy (non-hydrogen) atoms. The summed E-state index contributed by atoms with van der Waals surface area (Å²) in [7, 11) is 0. The maximum absolute atomic E-state index is 5.13. The lowest BCUT2D eigenvalue weighted by molar-refractivity contribution is 1.15. The molecule has 6 aromatic heterocycles. The molecular weight excluding hydrogens is 576 g/mol. The largest absolute Gasteiger partial charge is 0.307 e. The Balaban J connectivity index is 1.45. The first-order chi connectivity index (χ1) is 23.4. The smallest absolute Gasteiger partial charge is 0.147 e. The summed E-state index contributed by atoms with van der Waals surface area (Å²) in [5.74, 6) is 0. The second kappa shape index (κ2) is 9.02. The Hall–Kier alpha value is -6.53. The van der Waals surface area contributed by atoms with Gasteiger partial charge in [-0.25, -0.2) is 9.97 Å². The minimum atomic E-state index is 0.854. The van der Waals surface area contributed by atoms with Gasteiger partial charge in [0, 0.05) is 61.5 Å². The van der Waals surface area contributed by atoms with Crippen molar-refractivity contribution in [1.82, 2.24) is 28.5 Å². The highest BCUT2D eigenvalue weighted by Crippen LogP contribution is 2.45. The van der Waals surface area contributed by atoms with Crippen molar-refractivity contribution in [3.63, 3.8) is 0 Å². The molecule has 0 radical (unpaired) electrons. The van der Waals surface area contributed by atoms with E-state index in [-0.39, 0.29) is 0 Å². The SMILES string of the molecule is c1ccc(-n2c3ccccc3c3ccc4c5c6c7cccnc7n7c8ccncc8nc7c6ccc5n(-c5ccccc5)c4c32)cc1. The summed E-state index contributed by atoms with van der Waals surface area (Å²) in [6.45, 7) is 0. The first-order valence-corrected chi connectivity index (χ1v) is 15.8. The molecule has 0 saturated carbocycles. The van der Waals surface area contributed by atoms with Gasteiger partial charge in [0.2, 0.25) is 0 Å². The van der Waals surface area contributed by atoms with Gasteiger partial charge < -0.3 is 9.13 Å². The third kappa shape index (κ3) is 3.16. The third-order valence-electron chi connectivity index (χ3n) is 9.72. The molecule has 0 aliphatic carbocycles. The highest BCUT2D eigenvalue weighted by Gasteiger charge is 2.24. The Morgan fingerprint density at radius 3 is 1.91 bits per heavy atom. The van der Waals surface area contributed by atoms with Crippen LogP contribution in [0.25, 0.3) is 93.5 Å². The maximum Gasteiger partial charge on any atom is 0.147 e. The summed E-state index contributed by atoms with van der Waals surface area (Å²) < 4.78 is 7.06. The fourth-order valence-electron chi connectivity index (χ4n) is 7.89. The van der Waals surface area contributed by atoms with Crippen molar-refractivity contribution < 1.29 is 0 Å². The van der Waals surface area contributed by atoms with E-state index in [9.17, 15) is 0 Å². The molecule has 11 rings (SSSR count). The highest BCUT2D eigenvalue weighted by atomic mass is 15.1. The number of fused-ring (bicyclic) bond motifs is 16. The van der Waals surface area contributed by atoms with Gasteiger partial charge in [0.1, 0.15) is 16.8 Å². The van der Waals surface area contributed by atoms with Crippen molar-refractivity contribution in [1.29, 1.82) is 0 Å². The molecule has 0 spiro atoms. The van der Waals surface area contributed by atoms with Crippen LogP contribution in [-0.2, 0) is 0 Å². The number of aromatic nitrogens is 6. The van der Waals surface area contributed by atoms with Crippen molar-refractivity contribution in [2.24, 2.45) is 0 Å². The van der Waals surface area contributed by atoms with E-state index >= 15 is 0 Å². The van der Waals surface area contributed by atoms with Gasteiger partial charge in [-0.1, -0.05) is 66.7 Å². The first-order valence-electron chi connectivity index (χ1n) is 15.8. The van der Waals surface area contributed by atoms with E-state index in [0.717, 1.165) is 55.4 Å². The quantitative estimate of drug-likeness (QED) is 0.186. The number of pyridine rings is 3. The first kappa shape index (κ1) is 24.8. The van der Waals surface area contributed by atoms with Gasteiger partial charge in [-0.3, -0.25) is 9.38 Å². The molecule has 218 valence electrons. The maximum atomic E-state index is 5.13. The molecule has 6 heterocycles. The van der Waals surface area contributed by atoms with Crippen molar-refractivity contribution in [2.45, 2.75) is 0 Å². The van der Waals surface area contributed by atoms with Crippen LogP contribution >= 0.6 is 0 Å². The normalized spacial score (nSPS) is 12.3. The highest BCUT2D eigenvalue weighted by molar-refractivity contribution is 6.33. The standard InChI is InChI=1S/C41H24N6/c1-3-10-25(11-4-1)45-33-16-8-7-14-27(33)28-17-18-29-37-35(46(39(29)38(28)45)26-12-5-2-6-13-26)20-19-31-36(37)30-15-9-22-43-40(30)47-34-21-23-42-24-32(34)44-41(31)47/h1-24H. The molecule has 0 fully saturated rings. The molecule has 0 unspecified atom stereocenters. The Morgan fingerprint density at radius 2 is 1.09 bits per heavy atom. The average Bonchev–Trinajstić information content (AvgIpc) is 3.80. The Bertz CT molecular complexity index is 3060. The van der Waals surface area contributed by atoms with E-state index in [1.807, 2.05) is 30.7 Å². The molecule has 11 aromatic rings. The van der Waals surface area contributed by atoms with Gasteiger partial charge in [-0.05, 0) is 60.7 Å². The number of benzene rings is 5. The summed E-state index contributed by atoms with van der Waals surface area (Å²) in [5, 5.41) is 8.17. The van der Waals surface area contributed by atoms with E-state index in [1.165, 1.54) is 38.1 Å². The van der Waals surface area contributed by atoms with Gasteiger partial charge in [0.25, 0.3) is 0 Å². The van der Waals surface area contributed by atoms with Crippen LogP contribution in [0.4, 0.5) is 0 Å². The fraction of sp³-hybridized carbons (Fsp3) is 0.